The van der Waals surface area contributed by atoms with Gasteiger partial charge in [-0.05, 0) is 45.6 Å². The Hall–Kier alpha value is -3.14. The fraction of sp³-hybridized carbons (Fsp3) is 0.524. The number of rotatable bonds is 7. The quantitative estimate of drug-likeness (QED) is 0.455. The molecule has 0 aromatic carbocycles. The van der Waals surface area contributed by atoms with Gasteiger partial charge in [0.15, 0.2) is 11.6 Å². The van der Waals surface area contributed by atoms with Crippen LogP contribution in [0.1, 0.15) is 69.9 Å². The highest BCUT2D eigenvalue weighted by molar-refractivity contribution is 5.72. The zero-order chi connectivity index (χ0) is 22.0. The number of aliphatic hydroxyl groups is 1. The average molecular weight is 428 g/mol. The fourth-order valence-corrected chi connectivity index (χ4v) is 3.79. The molecule has 3 heterocycles. The summed E-state index contributed by atoms with van der Waals surface area (Å²) in [5, 5.41) is 27.7. The predicted octanol–water partition coefficient (Wildman–Crippen LogP) is 3.41. The van der Waals surface area contributed by atoms with Gasteiger partial charge in [0.05, 0.1) is 11.8 Å². The summed E-state index contributed by atoms with van der Waals surface area (Å²) in [6.45, 7) is 5.66. The van der Waals surface area contributed by atoms with Gasteiger partial charge in [0.25, 0.3) is 0 Å². The van der Waals surface area contributed by atoms with Crippen molar-refractivity contribution in [1.29, 1.82) is 0 Å². The number of alkyl carbamates (subject to hydrolysis) is 1. The number of H-pyrrole nitrogens is 1. The van der Waals surface area contributed by atoms with E-state index in [0.717, 1.165) is 36.9 Å². The molecule has 1 aliphatic carbocycles. The number of aromatic nitrogens is 5. The van der Waals surface area contributed by atoms with E-state index in [0.29, 0.717) is 17.3 Å². The Labute approximate surface area is 180 Å². The van der Waals surface area contributed by atoms with Crippen LogP contribution in [0.3, 0.4) is 0 Å². The second-order valence-electron chi connectivity index (χ2n) is 8.18. The van der Waals surface area contributed by atoms with Gasteiger partial charge in [-0.1, -0.05) is 6.92 Å². The summed E-state index contributed by atoms with van der Waals surface area (Å²) < 4.78 is 7.24. The van der Waals surface area contributed by atoms with Crippen LogP contribution in [-0.4, -0.2) is 48.1 Å². The molecule has 1 saturated carbocycles. The first kappa shape index (κ1) is 21.1. The van der Waals surface area contributed by atoms with Crippen molar-refractivity contribution < 1.29 is 14.6 Å². The van der Waals surface area contributed by atoms with Crippen LogP contribution < -0.4 is 10.6 Å². The van der Waals surface area contributed by atoms with E-state index >= 15 is 0 Å². The summed E-state index contributed by atoms with van der Waals surface area (Å²) in [5.74, 6) is 1.51. The number of anilines is 2. The minimum absolute atomic E-state index is 0.0881. The van der Waals surface area contributed by atoms with E-state index in [-0.39, 0.29) is 24.2 Å². The zero-order valence-corrected chi connectivity index (χ0v) is 18.0. The van der Waals surface area contributed by atoms with Crippen LogP contribution in [0, 0.1) is 0 Å². The first-order valence-corrected chi connectivity index (χ1v) is 10.7. The molecule has 0 bridgehead atoms. The largest absolute Gasteiger partial charge is 0.446 e. The SMILES string of the molecule is CCC(C)NC(=O)OC1CCC(c2cc(Nc3nccn4nc(C(C)O)cc34)n[nH]2)C1. The van der Waals surface area contributed by atoms with Crippen molar-refractivity contribution in [2.75, 3.05) is 5.32 Å². The van der Waals surface area contributed by atoms with Crippen LogP contribution in [0.5, 0.6) is 0 Å². The molecule has 4 atom stereocenters. The van der Waals surface area contributed by atoms with E-state index in [9.17, 15) is 9.90 Å². The Kier molecular flexibility index (Phi) is 6.08. The molecular formula is C21H29N7O3. The number of nitrogens with zero attached hydrogens (tertiary/aromatic N) is 4. The summed E-state index contributed by atoms with van der Waals surface area (Å²) >= 11 is 0. The number of fused-ring (bicyclic) bond motifs is 1. The Morgan fingerprint density at radius 1 is 1.39 bits per heavy atom. The third-order valence-electron chi connectivity index (χ3n) is 5.76. The number of aromatic amines is 1. The molecule has 1 aliphatic rings. The van der Waals surface area contributed by atoms with Crippen LogP contribution >= 0.6 is 0 Å². The van der Waals surface area contributed by atoms with Gasteiger partial charge in [0, 0.05) is 36.1 Å². The Morgan fingerprint density at radius 2 is 2.23 bits per heavy atom. The fourth-order valence-electron chi connectivity index (χ4n) is 3.79. The van der Waals surface area contributed by atoms with E-state index in [1.807, 2.05) is 19.9 Å². The van der Waals surface area contributed by atoms with Crippen LogP contribution in [0.25, 0.3) is 5.52 Å². The zero-order valence-electron chi connectivity index (χ0n) is 18.0. The highest BCUT2D eigenvalue weighted by Gasteiger charge is 2.30. The maximum atomic E-state index is 12.0. The van der Waals surface area contributed by atoms with Gasteiger partial charge < -0.3 is 20.5 Å². The molecular weight excluding hydrogens is 398 g/mol. The summed E-state index contributed by atoms with van der Waals surface area (Å²) in [6, 6.07) is 3.87. The van der Waals surface area contributed by atoms with Gasteiger partial charge >= 0.3 is 6.09 Å². The molecule has 4 unspecified atom stereocenters. The smallest absolute Gasteiger partial charge is 0.407 e. The number of hydrogen-bond acceptors (Lipinski definition) is 7. The van der Waals surface area contributed by atoms with Crippen molar-refractivity contribution in [1.82, 2.24) is 30.1 Å². The number of nitrogens with one attached hydrogen (secondary N) is 3. The number of aliphatic hydroxyl groups excluding tert-OH is 1. The molecule has 1 fully saturated rings. The lowest BCUT2D eigenvalue weighted by Crippen LogP contribution is -2.34. The van der Waals surface area contributed by atoms with Crippen molar-refractivity contribution in [2.24, 2.45) is 0 Å². The lowest BCUT2D eigenvalue weighted by molar-refractivity contribution is 0.0974. The molecule has 3 aromatic heterocycles. The van der Waals surface area contributed by atoms with Gasteiger partial charge in [-0.25, -0.2) is 14.3 Å². The topological polar surface area (TPSA) is 129 Å². The van der Waals surface area contributed by atoms with Crippen molar-refractivity contribution >= 4 is 23.2 Å². The minimum atomic E-state index is -0.658. The summed E-state index contributed by atoms with van der Waals surface area (Å²) in [7, 11) is 0. The van der Waals surface area contributed by atoms with E-state index in [2.05, 4.69) is 30.9 Å². The summed E-state index contributed by atoms with van der Waals surface area (Å²) in [5.41, 5.74) is 2.33. The van der Waals surface area contributed by atoms with E-state index in [1.165, 1.54) is 0 Å². The van der Waals surface area contributed by atoms with E-state index in [4.69, 9.17) is 4.74 Å². The van der Waals surface area contributed by atoms with Crippen molar-refractivity contribution in [3.8, 4) is 0 Å². The van der Waals surface area contributed by atoms with Crippen LogP contribution in [0.4, 0.5) is 16.4 Å². The molecule has 0 saturated heterocycles. The number of amides is 1. The Bertz CT molecular complexity index is 1040. The summed E-state index contributed by atoms with van der Waals surface area (Å²) in [4.78, 5) is 16.4. The van der Waals surface area contributed by atoms with Crippen molar-refractivity contribution in [3.05, 3.63) is 35.9 Å². The maximum Gasteiger partial charge on any atom is 0.407 e. The maximum absolute atomic E-state index is 12.0. The van der Waals surface area contributed by atoms with E-state index < -0.39 is 6.10 Å². The first-order chi connectivity index (χ1) is 14.9. The molecule has 10 nitrogen and oxygen atoms in total. The number of hydrogen-bond donors (Lipinski definition) is 4. The highest BCUT2D eigenvalue weighted by Crippen LogP contribution is 2.36. The predicted molar refractivity (Wildman–Crippen MR) is 115 cm³/mol. The van der Waals surface area contributed by atoms with Gasteiger partial charge in [0.1, 0.15) is 11.6 Å². The average Bonchev–Trinajstić information content (AvgIpc) is 3.47. The molecule has 0 aliphatic heterocycles. The molecule has 166 valence electrons. The Balaban J connectivity index is 1.39. The molecule has 31 heavy (non-hydrogen) atoms. The summed E-state index contributed by atoms with van der Waals surface area (Å²) in [6.07, 6.45) is 5.69. The molecule has 10 heteroatoms. The Morgan fingerprint density at radius 3 is 3.00 bits per heavy atom. The minimum Gasteiger partial charge on any atom is -0.446 e. The van der Waals surface area contributed by atoms with Crippen LogP contribution in [0.15, 0.2) is 24.5 Å². The molecule has 0 radical (unpaired) electrons. The number of carbonyl (C=O) groups is 1. The second-order valence-corrected chi connectivity index (χ2v) is 8.18. The number of ether oxygens (including phenoxy) is 1. The second kappa shape index (κ2) is 8.93. The molecule has 4 N–H and O–H groups in total. The van der Waals surface area contributed by atoms with Gasteiger partial charge in [-0.15, -0.1) is 0 Å². The third kappa shape index (κ3) is 4.79. The van der Waals surface area contributed by atoms with Gasteiger partial charge in [-0.2, -0.15) is 10.2 Å². The molecule has 1 amide bonds. The standard InChI is InChI=1S/C21H29N7O3/c1-4-12(2)23-21(30)31-15-6-5-14(9-15)17-11-19(26-25-17)24-20-18-10-16(13(3)29)27-28(18)8-7-22-20/h7-8,10-15,29H,4-6,9H2,1-3H3,(H,23,30)(H2,22,24,25,26). The number of carbonyl (C=O) groups excluding carboxylic acids is 1. The monoisotopic (exact) mass is 427 g/mol. The van der Waals surface area contributed by atoms with Gasteiger partial charge in [-0.3, -0.25) is 5.10 Å². The molecule has 4 rings (SSSR count). The normalized spacial score (nSPS) is 20.5. The molecule has 3 aromatic rings. The van der Waals surface area contributed by atoms with Gasteiger partial charge in [0.2, 0.25) is 0 Å². The van der Waals surface area contributed by atoms with Crippen molar-refractivity contribution in [2.45, 2.75) is 70.6 Å². The lowest BCUT2D eigenvalue weighted by atomic mass is 10.0. The highest BCUT2D eigenvalue weighted by atomic mass is 16.6. The first-order valence-electron chi connectivity index (χ1n) is 10.7. The van der Waals surface area contributed by atoms with E-state index in [1.54, 1.807) is 29.9 Å². The van der Waals surface area contributed by atoms with Crippen LogP contribution in [0.2, 0.25) is 0 Å². The molecule has 0 spiro atoms. The lowest BCUT2D eigenvalue weighted by Gasteiger charge is -2.16. The van der Waals surface area contributed by atoms with Crippen molar-refractivity contribution in [3.63, 3.8) is 0 Å². The van der Waals surface area contributed by atoms with Crippen LogP contribution in [-0.2, 0) is 4.74 Å². The third-order valence-corrected chi connectivity index (χ3v) is 5.76.